The van der Waals surface area contributed by atoms with Crippen LogP contribution in [0, 0.1) is 0 Å². The molecule has 0 amide bonds. The Labute approximate surface area is 107 Å². The molecule has 0 saturated heterocycles. The van der Waals surface area contributed by atoms with E-state index in [4.69, 9.17) is 9.47 Å². The maximum Gasteiger partial charge on any atom is 0.0945 e. The van der Waals surface area contributed by atoms with Crippen molar-refractivity contribution in [2.75, 3.05) is 31.7 Å². The number of hydrogen-bond acceptors (Lipinski definition) is 5. The van der Waals surface area contributed by atoms with E-state index in [1.54, 1.807) is 11.3 Å². The van der Waals surface area contributed by atoms with Crippen LogP contribution in [-0.4, -0.2) is 43.7 Å². The summed E-state index contributed by atoms with van der Waals surface area (Å²) < 4.78 is 10.6. The van der Waals surface area contributed by atoms with Crippen molar-refractivity contribution in [1.82, 2.24) is 0 Å². The second-order valence-electron chi connectivity index (χ2n) is 4.04. The predicted octanol–water partition coefficient (Wildman–Crippen LogP) is 1.96. The fourth-order valence-corrected chi connectivity index (χ4v) is 1.83. The second-order valence-corrected chi connectivity index (χ2v) is 4.82. The quantitative estimate of drug-likeness (QED) is 0.666. The van der Waals surface area contributed by atoms with Gasteiger partial charge in [0.1, 0.15) is 0 Å². The summed E-state index contributed by atoms with van der Waals surface area (Å²) >= 11 is 1.63. The van der Waals surface area contributed by atoms with Gasteiger partial charge in [0.05, 0.1) is 32.0 Å². The van der Waals surface area contributed by atoms with Gasteiger partial charge in [-0.15, -0.1) is 0 Å². The number of rotatable bonds is 9. The second kappa shape index (κ2) is 8.47. The van der Waals surface area contributed by atoms with Gasteiger partial charge in [-0.3, -0.25) is 0 Å². The molecule has 1 aromatic heterocycles. The Kier molecular flexibility index (Phi) is 7.19. The monoisotopic (exact) mass is 259 g/mol. The number of thiophene rings is 1. The van der Waals surface area contributed by atoms with Crippen LogP contribution >= 0.6 is 11.3 Å². The SMILES string of the molecule is CC(C)OCCOCC(O)CNc1ccsc1. The van der Waals surface area contributed by atoms with Crippen LogP contribution in [0.5, 0.6) is 0 Å². The highest BCUT2D eigenvalue weighted by molar-refractivity contribution is 7.08. The van der Waals surface area contributed by atoms with Gasteiger partial charge in [-0.05, 0) is 25.3 Å². The van der Waals surface area contributed by atoms with Crippen LogP contribution in [0.4, 0.5) is 5.69 Å². The first kappa shape index (κ1) is 14.4. The minimum atomic E-state index is -0.492. The molecule has 0 aliphatic rings. The molecular weight excluding hydrogens is 238 g/mol. The van der Waals surface area contributed by atoms with Crippen LogP contribution in [0.2, 0.25) is 0 Å². The number of aliphatic hydroxyl groups is 1. The van der Waals surface area contributed by atoms with Crippen molar-refractivity contribution in [3.8, 4) is 0 Å². The summed E-state index contributed by atoms with van der Waals surface area (Å²) in [6.07, 6.45) is -0.266. The summed E-state index contributed by atoms with van der Waals surface area (Å²) in [4.78, 5) is 0. The summed E-state index contributed by atoms with van der Waals surface area (Å²) in [5.41, 5.74) is 1.04. The molecule has 0 radical (unpaired) electrons. The molecule has 0 aliphatic heterocycles. The van der Waals surface area contributed by atoms with E-state index in [9.17, 15) is 5.11 Å². The molecule has 5 heteroatoms. The van der Waals surface area contributed by atoms with E-state index in [0.29, 0.717) is 26.4 Å². The van der Waals surface area contributed by atoms with Gasteiger partial charge in [0.2, 0.25) is 0 Å². The molecule has 1 unspecified atom stereocenters. The fourth-order valence-electron chi connectivity index (χ4n) is 1.22. The van der Waals surface area contributed by atoms with Gasteiger partial charge >= 0.3 is 0 Å². The third-order valence-electron chi connectivity index (χ3n) is 2.05. The Hall–Kier alpha value is -0.620. The summed E-state index contributed by atoms with van der Waals surface area (Å²) in [6, 6.07) is 1.98. The van der Waals surface area contributed by atoms with Crippen LogP contribution < -0.4 is 5.32 Å². The summed E-state index contributed by atoms with van der Waals surface area (Å²) in [7, 11) is 0. The predicted molar refractivity (Wildman–Crippen MR) is 70.7 cm³/mol. The molecule has 1 heterocycles. The highest BCUT2D eigenvalue weighted by Crippen LogP contribution is 2.11. The minimum Gasteiger partial charge on any atom is -0.389 e. The van der Waals surface area contributed by atoms with Crippen molar-refractivity contribution < 1.29 is 14.6 Å². The van der Waals surface area contributed by atoms with E-state index in [1.165, 1.54) is 0 Å². The van der Waals surface area contributed by atoms with Crippen LogP contribution in [0.3, 0.4) is 0 Å². The molecule has 1 rings (SSSR count). The highest BCUT2D eigenvalue weighted by Gasteiger charge is 2.04. The van der Waals surface area contributed by atoms with Gasteiger partial charge in [0, 0.05) is 17.6 Å². The lowest BCUT2D eigenvalue weighted by atomic mass is 10.3. The molecule has 0 aromatic carbocycles. The van der Waals surface area contributed by atoms with Gasteiger partial charge in [-0.25, -0.2) is 0 Å². The number of nitrogens with one attached hydrogen (secondary N) is 1. The van der Waals surface area contributed by atoms with E-state index in [2.05, 4.69) is 5.32 Å². The molecule has 98 valence electrons. The first-order valence-corrected chi connectivity index (χ1v) is 6.76. The molecule has 0 spiro atoms. The maximum absolute atomic E-state index is 9.63. The highest BCUT2D eigenvalue weighted by atomic mass is 32.1. The number of aliphatic hydroxyl groups excluding tert-OH is 1. The molecule has 0 fully saturated rings. The maximum atomic E-state index is 9.63. The molecule has 1 aromatic rings. The minimum absolute atomic E-state index is 0.226. The Morgan fingerprint density at radius 1 is 1.41 bits per heavy atom. The number of anilines is 1. The Morgan fingerprint density at radius 3 is 2.88 bits per heavy atom. The lowest BCUT2D eigenvalue weighted by Crippen LogP contribution is -2.25. The molecular formula is C12H21NO3S. The van der Waals surface area contributed by atoms with Gasteiger partial charge in [0.25, 0.3) is 0 Å². The summed E-state index contributed by atoms with van der Waals surface area (Å²) in [5.74, 6) is 0. The zero-order valence-electron chi connectivity index (χ0n) is 10.4. The molecule has 2 N–H and O–H groups in total. The van der Waals surface area contributed by atoms with Gasteiger partial charge < -0.3 is 19.9 Å². The van der Waals surface area contributed by atoms with Crippen molar-refractivity contribution in [3.05, 3.63) is 16.8 Å². The van der Waals surface area contributed by atoms with Crippen molar-refractivity contribution in [2.45, 2.75) is 26.1 Å². The normalized spacial score (nSPS) is 12.9. The van der Waals surface area contributed by atoms with Crippen LogP contribution in [0.15, 0.2) is 16.8 Å². The average molecular weight is 259 g/mol. The van der Waals surface area contributed by atoms with E-state index >= 15 is 0 Å². The van der Waals surface area contributed by atoms with Crippen molar-refractivity contribution in [3.63, 3.8) is 0 Å². The van der Waals surface area contributed by atoms with Crippen LogP contribution in [0.1, 0.15) is 13.8 Å². The Bertz CT molecular complexity index is 277. The number of hydrogen-bond donors (Lipinski definition) is 2. The Morgan fingerprint density at radius 2 is 2.24 bits per heavy atom. The van der Waals surface area contributed by atoms with Crippen LogP contribution in [-0.2, 0) is 9.47 Å². The van der Waals surface area contributed by atoms with E-state index in [0.717, 1.165) is 5.69 Å². The molecule has 1 atom stereocenters. The molecule has 0 aliphatic carbocycles. The van der Waals surface area contributed by atoms with Crippen molar-refractivity contribution in [1.29, 1.82) is 0 Å². The van der Waals surface area contributed by atoms with Gasteiger partial charge in [-0.2, -0.15) is 11.3 Å². The first-order valence-electron chi connectivity index (χ1n) is 5.82. The van der Waals surface area contributed by atoms with Gasteiger partial charge in [-0.1, -0.05) is 0 Å². The molecule has 17 heavy (non-hydrogen) atoms. The smallest absolute Gasteiger partial charge is 0.0945 e. The lowest BCUT2D eigenvalue weighted by Gasteiger charge is -2.13. The largest absolute Gasteiger partial charge is 0.389 e. The van der Waals surface area contributed by atoms with E-state index in [1.807, 2.05) is 30.7 Å². The topological polar surface area (TPSA) is 50.7 Å². The van der Waals surface area contributed by atoms with E-state index < -0.39 is 6.10 Å². The first-order chi connectivity index (χ1) is 8.18. The third kappa shape index (κ3) is 7.33. The van der Waals surface area contributed by atoms with Crippen LogP contribution in [0.25, 0.3) is 0 Å². The fraction of sp³-hybridized carbons (Fsp3) is 0.667. The standard InChI is InChI=1S/C12H21NO3S/c1-10(2)16-5-4-15-8-12(14)7-13-11-3-6-17-9-11/h3,6,9-10,12-14H,4-5,7-8H2,1-2H3. The third-order valence-corrected chi connectivity index (χ3v) is 2.74. The lowest BCUT2D eigenvalue weighted by molar-refractivity contribution is -0.00734. The van der Waals surface area contributed by atoms with Crippen molar-refractivity contribution in [2.24, 2.45) is 0 Å². The zero-order valence-corrected chi connectivity index (χ0v) is 11.2. The van der Waals surface area contributed by atoms with Gasteiger partial charge in [0.15, 0.2) is 0 Å². The van der Waals surface area contributed by atoms with Crippen molar-refractivity contribution >= 4 is 17.0 Å². The molecule has 4 nitrogen and oxygen atoms in total. The number of ether oxygens (including phenoxy) is 2. The Balaban J connectivity index is 1.96. The molecule has 0 saturated carbocycles. The summed E-state index contributed by atoms with van der Waals surface area (Å²) in [6.45, 7) is 5.90. The average Bonchev–Trinajstić information content (AvgIpc) is 2.78. The molecule has 0 bridgehead atoms. The summed E-state index contributed by atoms with van der Waals surface area (Å²) in [5, 5.41) is 16.8. The zero-order chi connectivity index (χ0) is 12.5. The van der Waals surface area contributed by atoms with E-state index in [-0.39, 0.29) is 6.10 Å².